The molecule has 7 heteroatoms. The highest BCUT2D eigenvalue weighted by Crippen LogP contribution is 2.23. The first-order valence-corrected chi connectivity index (χ1v) is 7.18. The van der Waals surface area contributed by atoms with E-state index in [4.69, 9.17) is 11.6 Å². The van der Waals surface area contributed by atoms with Gasteiger partial charge in [-0.1, -0.05) is 11.6 Å². The van der Waals surface area contributed by atoms with Gasteiger partial charge >= 0.3 is 0 Å². The molecule has 1 N–H and O–H groups in total. The van der Waals surface area contributed by atoms with Crippen LogP contribution >= 0.6 is 11.6 Å². The molecule has 2 rings (SSSR count). The van der Waals surface area contributed by atoms with Crippen LogP contribution in [0.1, 0.15) is 6.92 Å². The number of hydrogen-bond donors (Lipinski definition) is 1. The fourth-order valence-corrected chi connectivity index (χ4v) is 3.88. The molecule has 17 heavy (non-hydrogen) atoms. The second kappa shape index (κ2) is 4.89. The fourth-order valence-electron chi connectivity index (χ4n) is 1.85. The molecule has 1 aliphatic rings. The molecule has 0 saturated carbocycles. The molecular weight excluding hydrogens is 262 g/mol. The minimum absolute atomic E-state index is 0.0598. The Morgan fingerprint density at radius 3 is 3.00 bits per heavy atom. The van der Waals surface area contributed by atoms with E-state index in [0.29, 0.717) is 19.6 Å². The van der Waals surface area contributed by atoms with Gasteiger partial charge in [-0.3, -0.25) is 0 Å². The maximum absolute atomic E-state index is 12.4. The summed E-state index contributed by atoms with van der Waals surface area (Å²) in [6.07, 6.45) is 1.44. The van der Waals surface area contributed by atoms with Gasteiger partial charge in [0.05, 0.1) is 5.02 Å². The van der Waals surface area contributed by atoms with Gasteiger partial charge in [0.25, 0.3) is 10.0 Å². The van der Waals surface area contributed by atoms with E-state index in [9.17, 15) is 8.42 Å². The zero-order valence-corrected chi connectivity index (χ0v) is 11.0. The average molecular weight is 276 g/mol. The molecule has 0 aromatic carbocycles. The van der Waals surface area contributed by atoms with Crippen LogP contribution in [0.4, 0.5) is 0 Å². The van der Waals surface area contributed by atoms with Crippen LogP contribution in [0.2, 0.25) is 5.02 Å². The molecule has 1 atom stereocenters. The van der Waals surface area contributed by atoms with Gasteiger partial charge in [0, 0.05) is 31.9 Å². The summed E-state index contributed by atoms with van der Waals surface area (Å²) >= 11 is 5.89. The largest absolute Gasteiger partial charge is 0.314 e. The third-order valence-electron chi connectivity index (χ3n) is 2.72. The Morgan fingerprint density at radius 2 is 2.35 bits per heavy atom. The van der Waals surface area contributed by atoms with Gasteiger partial charge < -0.3 is 5.32 Å². The van der Waals surface area contributed by atoms with Crippen LogP contribution in [-0.4, -0.2) is 43.4 Å². The van der Waals surface area contributed by atoms with Crippen molar-refractivity contribution in [1.29, 1.82) is 0 Å². The predicted octanol–water partition coefficient (Wildman–Crippen LogP) is 0.717. The summed E-state index contributed by atoms with van der Waals surface area (Å²) in [5.74, 6) is 0. The van der Waals surface area contributed by atoms with Crippen LogP contribution in [-0.2, 0) is 10.0 Å². The molecule has 0 unspecified atom stereocenters. The smallest absolute Gasteiger partial charge is 0.262 e. The molecule has 0 bridgehead atoms. The maximum atomic E-state index is 12.4. The molecule has 5 nitrogen and oxygen atoms in total. The van der Waals surface area contributed by atoms with E-state index in [2.05, 4.69) is 10.3 Å². The number of sulfonamides is 1. The van der Waals surface area contributed by atoms with Gasteiger partial charge in [-0.05, 0) is 19.1 Å². The van der Waals surface area contributed by atoms with E-state index in [1.54, 1.807) is 6.07 Å². The lowest BCUT2D eigenvalue weighted by atomic mass is 10.3. The van der Waals surface area contributed by atoms with Crippen molar-refractivity contribution < 1.29 is 8.42 Å². The van der Waals surface area contributed by atoms with E-state index in [1.165, 1.54) is 16.6 Å². The van der Waals surface area contributed by atoms with Crippen molar-refractivity contribution in [3.05, 3.63) is 23.4 Å². The first-order chi connectivity index (χ1) is 8.03. The molecule has 0 aliphatic carbocycles. The van der Waals surface area contributed by atoms with Crippen molar-refractivity contribution in [3.8, 4) is 0 Å². The van der Waals surface area contributed by atoms with E-state index < -0.39 is 10.0 Å². The highest BCUT2D eigenvalue weighted by molar-refractivity contribution is 7.89. The van der Waals surface area contributed by atoms with Gasteiger partial charge in [0.15, 0.2) is 5.03 Å². The molecule has 1 fully saturated rings. The zero-order valence-electron chi connectivity index (χ0n) is 9.43. The predicted molar refractivity (Wildman–Crippen MR) is 65.5 cm³/mol. The SMILES string of the molecule is C[C@H]1CNCCN1S(=O)(=O)c1ncccc1Cl. The topological polar surface area (TPSA) is 62.3 Å². The van der Waals surface area contributed by atoms with E-state index in [-0.39, 0.29) is 16.1 Å². The summed E-state index contributed by atoms with van der Waals surface area (Å²) in [5.41, 5.74) is 0. The average Bonchev–Trinajstić information content (AvgIpc) is 2.29. The Labute approximate surface area is 106 Å². The van der Waals surface area contributed by atoms with Crippen molar-refractivity contribution in [3.63, 3.8) is 0 Å². The minimum atomic E-state index is -3.59. The monoisotopic (exact) mass is 275 g/mol. The summed E-state index contributed by atoms with van der Waals surface area (Å²) < 4.78 is 26.2. The summed E-state index contributed by atoms with van der Waals surface area (Å²) in [6.45, 7) is 3.59. The number of nitrogens with one attached hydrogen (secondary N) is 1. The number of aromatic nitrogens is 1. The molecule has 0 amide bonds. The van der Waals surface area contributed by atoms with Crippen LogP contribution in [0.25, 0.3) is 0 Å². The third kappa shape index (κ3) is 2.44. The highest BCUT2D eigenvalue weighted by Gasteiger charge is 2.33. The van der Waals surface area contributed by atoms with Gasteiger partial charge in [0.1, 0.15) is 0 Å². The quantitative estimate of drug-likeness (QED) is 0.864. The molecule has 0 radical (unpaired) electrons. The molecule has 1 aromatic rings. The summed E-state index contributed by atoms with van der Waals surface area (Å²) in [5, 5.41) is 3.25. The van der Waals surface area contributed by atoms with Gasteiger partial charge in [-0.15, -0.1) is 0 Å². The Hall–Kier alpha value is -0.690. The number of nitrogens with zero attached hydrogens (tertiary/aromatic N) is 2. The molecule has 2 heterocycles. The molecule has 1 aromatic heterocycles. The maximum Gasteiger partial charge on any atom is 0.262 e. The second-order valence-electron chi connectivity index (χ2n) is 3.96. The Bertz CT molecular complexity index is 506. The minimum Gasteiger partial charge on any atom is -0.314 e. The first-order valence-electron chi connectivity index (χ1n) is 5.36. The van der Waals surface area contributed by atoms with Crippen molar-refractivity contribution in [2.24, 2.45) is 0 Å². The molecule has 94 valence electrons. The fraction of sp³-hybridized carbons (Fsp3) is 0.500. The molecule has 0 spiro atoms. The number of rotatable bonds is 2. The van der Waals surface area contributed by atoms with E-state index in [1.807, 2.05) is 6.92 Å². The lowest BCUT2D eigenvalue weighted by molar-refractivity contribution is 0.283. The van der Waals surface area contributed by atoms with Crippen LogP contribution in [0.3, 0.4) is 0 Å². The molecule has 1 aliphatic heterocycles. The summed E-state index contributed by atoms with van der Waals surface area (Å²) in [6, 6.07) is 3.06. The lowest BCUT2D eigenvalue weighted by Crippen LogP contribution is -2.52. The second-order valence-corrected chi connectivity index (χ2v) is 6.17. The highest BCUT2D eigenvalue weighted by atomic mass is 35.5. The van der Waals surface area contributed by atoms with Crippen molar-refractivity contribution in [2.75, 3.05) is 19.6 Å². The van der Waals surface area contributed by atoms with Crippen LogP contribution in [0.15, 0.2) is 23.4 Å². The van der Waals surface area contributed by atoms with Crippen LogP contribution in [0.5, 0.6) is 0 Å². The van der Waals surface area contributed by atoms with Crippen molar-refractivity contribution >= 4 is 21.6 Å². The standard InChI is InChI=1S/C10H14ClN3O2S/c1-8-7-12-5-6-14(8)17(15,16)10-9(11)3-2-4-13-10/h2-4,8,12H,5-7H2,1H3/t8-/m0/s1. The zero-order chi connectivity index (χ0) is 12.5. The number of halogens is 1. The first kappa shape index (κ1) is 12.8. The van der Waals surface area contributed by atoms with Gasteiger partial charge in [-0.2, -0.15) is 4.31 Å². The Balaban J connectivity index is 2.39. The van der Waals surface area contributed by atoms with Crippen molar-refractivity contribution in [2.45, 2.75) is 18.0 Å². The Kier molecular flexibility index (Phi) is 3.67. The Morgan fingerprint density at radius 1 is 1.59 bits per heavy atom. The normalized spacial score (nSPS) is 22.6. The van der Waals surface area contributed by atoms with Gasteiger partial charge in [-0.25, -0.2) is 13.4 Å². The van der Waals surface area contributed by atoms with Gasteiger partial charge in [0.2, 0.25) is 0 Å². The van der Waals surface area contributed by atoms with E-state index >= 15 is 0 Å². The molecule has 1 saturated heterocycles. The summed E-state index contributed by atoms with van der Waals surface area (Å²) in [4.78, 5) is 3.88. The summed E-state index contributed by atoms with van der Waals surface area (Å²) in [7, 11) is -3.59. The number of hydrogen-bond acceptors (Lipinski definition) is 4. The van der Waals surface area contributed by atoms with E-state index in [0.717, 1.165) is 0 Å². The lowest BCUT2D eigenvalue weighted by Gasteiger charge is -2.32. The number of piperazine rings is 1. The molecular formula is C10H14ClN3O2S. The number of pyridine rings is 1. The van der Waals surface area contributed by atoms with Crippen molar-refractivity contribution in [1.82, 2.24) is 14.6 Å². The third-order valence-corrected chi connectivity index (χ3v) is 5.11. The van der Waals surface area contributed by atoms with Crippen LogP contribution in [0, 0.1) is 0 Å². The van der Waals surface area contributed by atoms with Crippen LogP contribution < -0.4 is 5.32 Å².